The van der Waals surface area contributed by atoms with Crippen molar-refractivity contribution in [3.05, 3.63) is 29.8 Å². The number of aliphatic hydroxyl groups is 1. The van der Waals surface area contributed by atoms with E-state index in [1.165, 1.54) is 9.80 Å². The lowest BCUT2D eigenvalue weighted by molar-refractivity contribution is -0.120. The molecule has 8 heteroatoms. The predicted molar refractivity (Wildman–Crippen MR) is 86.4 cm³/mol. The van der Waals surface area contributed by atoms with Gasteiger partial charge in [0, 0.05) is 32.1 Å². The third-order valence-corrected chi connectivity index (χ3v) is 4.23. The lowest BCUT2D eigenvalue weighted by atomic mass is 10.0. The summed E-state index contributed by atoms with van der Waals surface area (Å²) in [6, 6.07) is 5.93. The van der Waals surface area contributed by atoms with Crippen LogP contribution in [0.3, 0.4) is 0 Å². The van der Waals surface area contributed by atoms with Crippen LogP contribution in [0.1, 0.15) is 23.2 Å². The molecule has 0 radical (unpaired) electrons. The maximum absolute atomic E-state index is 12.9. The van der Waals surface area contributed by atoms with Crippen LogP contribution in [0.25, 0.3) is 0 Å². The number of para-hydroxylation sites is 1. The van der Waals surface area contributed by atoms with Gasteiger partial charge in [0.15, 0.2) is 0 Å². The molecule has 128 valence electrons. The number of rotatable bonds is 2. The van der Waals surface area contributed by atoms with Crippen molar-refractivity contribution in [1.29, 1.82) is 0 Å². The number of hydrogen-bond donors (Lipinski definition) is 3. The summed E-state index contributed by atoms with van der Waals surface area (Å²) in [4.78, 5) is 39.1. The van der Waals surface area contributed by atoms with Crippen molar-refractivity contribution < 1.29 is 19.5 Å². The molecule has 3 rings (SSSR count). The van der Waals surface area contributed by atoms with Gasteiger partial charge in [-0.05, 0) is 18.6 Å². The van der Waals surface area contributed by atoms with Gasteiger partial charge in [0.2, 0.25) is 5.91 Å². The average molecular weight is 332 g/mol. The zero-order chi connectivity index (χ0) is 17.3. The van der Waals surface area contributed by atoms with Crippen molar-refractivity contribution in [2.75, 3.05) is 24.5 Å². The quantitative estimate of drug-likeness (QED) is 0.685. The molecule has 2 aliphatic heterocycles. The highest BCUT2D eigenvalue weighted by molar-refractivity contribution is 6.09. The summed E-state index contributed by atoms with van der Waals surface area (Å²) in [6.07, 6.45) is -0.00957. The maximum atomic E-state index is 12.9. The lowest BCUT2D eigenvalue weighted by Crippen LogP contribution is -2.52. The van der Waals surface area contributed by atoms with Crippen LogP contribution in [0.5, 0.6) is 0 Å². The predicted octanol–water partition coefficient (Wildman–Crippen LogP) is -0.333. The molecule has 2 aliphatic rings. The molecule has 0 bridgehead atoms. The van der Waals surface area contributed by atoms with Crippen molar-refractivity contribution in [3.63, 3.8) is 0 Å². The first kappa shape index (κ1) is 16.4. The molecule has 2 atom stereocenters. The van der Waals surface area contributed by atoms with Gasteiger partial charge in [0.05, 0.1) is 17.4 Å². The van der Waals surface area contributed by atoms with Gasteiger partial charge in [0.25, 0.3) is 5.91 Å². The third-order valence-electron chi connectivity index (χ3n) is 4.23. The first-order chi connectivity index (χ1) is 11.5. The van der Waals surface area contributed by atoms with Gasteiger partial charge < -0.3 is 15.7 Å². The Kier molecular flexibility index (Phi) is 4.50. The number of urea groups is 1. The van der Waals surface area contributed by atoms with Gasteiger partial charge in [-0.3, -0.25) is 19.8 Å². The molecular weight excluding hydrogens is 312 g/mol. The summed E-state index contributed by atoms with van der Waals surface area (Å²) in [5, 5.41) is 12.1. The molecule has 4 N–H and O–H groups in total. The van der Waals surface area contributed by atoms with E-state index >= 15 is 0 Å². The highest BCUT2D eigenvalue weighted by Crippen LogP contribution is 2.25. The van der Waals surface area contributed by atoms with E-state index in [2.05, 4.69) is 5.32 Å². The maximum Gasteiger partial charge on any atom is 0.328 e. The highest BCUT2D eigenvalue weighted by atomic mass is 16.3. The lowest BCUT2D eigenvalue weighted by Gasteiger charge is -2.35. The number of likely N-dealkylation sites (tertiary alicyclic amines) is 1. The van der Waals surface area contributed by atoms with E-state index in [0.717, 1.165) is 0 Å². The number of carbonyl (C=O) groups is 3. The molecule has 1 aromatic rings. The number of β-amino-alcohol motifs (C(OH)–C–C–N with tert-alkyl or cyclic N) is 1. The minimum absolute atomic E-state index is 0.182. The Hall–Kier alpha value is -2.45. The summed E-state index contributed by atoms with van der Waals surface area (Å²) in [7, 11) is 0. The molecule has 24 heavy (non-hydrogen) atoms. The number of imide groups is 1. The third kappa shape index (κ3) is 3.24. The molecule has 2 fully saturated rings. The van der Waals surface area contributed by atoms with E-state index in [-0.39, 0.29) is 37.4 Å². The Labute approximate surface area is 139 Å². The zero-order valence-electron chi connectivity index (χ0n) is 13.1. The Balaban J connectivity index is 1.87. The second-order valence-corrected chi connectivity index (χ2v) is 6.13. The number of carbonyl (C=O) groups excluding carboxylic acids is 3. The van der Waals surface area contributed by atoms with Crippen LogP contribution in [-0.4, -0.2) is 59.6 Å². The fourth-order valence-electron chi connectivity index (χ4n) is 3.13. The molecule has 0 aromatic heterocycles. The van der Waals surface area contributed by atoms with E-state index in [0.29, 0.717) is 24.2 Å². The van der Waals surface area contributed by atoms with E-state index in [4.69, 9.17) is 5.73 Å². The van der Waals surface area contributed by atoms with Crippen molar-refractivity contribution in [2.45, 2.75) is 25.0 Å². The van der Waals surface area contributed by atoms with Crippen LogP contribution in [0.4, 0.5) is 10.5 Å². The summed E-state index contributed by atoms with van der Waals surface area (Å²) in [5.41, 5.74) is 6.68. The monoisotopic (exact) mass is 332 g/mol. The Morgan fingerprint density at radius 2 is 2.00 bits per heavy atom. The molecule has 2 heterocycles. The fourth-order valence-corrected chi connectivity index (χ4v) is 3.13. The standard InChI is InChI=1S/C16H20N4O4/c17-10-7-11(21)9-19(8-10)15(23)12-3-1-2-4-13(12)20-6-5-14(22)18-16(20)24/h1-4,10-11,21H,5-9,17H2,(H,18,22,24)/t10-,11+/m0/s1. The first-order valence-electron chi connectivity index (χ1n) is 7.89. The number of nitrogens with zero attached hydrogens (tertiary/aromatic N) is 2. The number of nitrogens with one attached hydrogen (secondary N) is 1. The number of anilines is 1. The molecule has 0 aliphatic carbocycles. The van der Waals surface area contributed by atoms with Crippen LogP contribution < -0.4 is 16.0 Å². The molecular formula is C16H20N4O4. The number of amides is 4. The first-order valence-corrected chi connectivity index (χ1v) is 7.89. The van der Waals surface area contributed by atoms with Crippen LogP contribution >= 0.6 is 0 Å². The number of piperidine rings is 1. The van der Waals surface area contributed by atoms with Crippen molar-refractivity contribution in [2.24, 2.45) is 5.73 Å². The topological polar surface area (TPSA) is 116 Å². The second-order valence-electron chi connectivity index (χ2n) is 6.13. The van der Waals surface area contributed by atoms with Crippen LogP contribution in [0.15, 0.2) is 24.3 Å². The minimum atomic E-state index is -0.652. The molecule has 0 saturated carbocycles. The minimum Gasteiger partial charge on any atom is -0.391 e. The van der Waals surface area contributed by atoms with Gasteiger partial charge >= 0.3 is 6.03 Å². The largest absolute Gasteiger partial charge is 0.391 e. The summed E-state index contributed by atoms with van der Waals surface area (Å²) >= 11 is 0. The summed E-state index contributed by atoms with van der Waals surface area (Å²) < 4.78 is 0. The number of hydrogen-bond acceptors (Lipinski definition) is 5. The molecule has 2 saturated heterocycles. The van der Waals surface area contributed by atoms with Crippen molar-refractivity contribution >= 4 is 23.5 Å². The number of aliphatic hydroxyl groups excluding tert-OH is 1. The summed E-state index contributed by atoms with van der Waals surface area (Å²) in [5.74, 6) is -0.616. The average Bonchev–Trinajstić information content (AvgIpc) is 2.53. The second kappa shape index (κ2) is 6.58. The number of benzene rings is 1. The SMILES string of the molecule is N[C@H]1C[C@@H](O)CN(C(=O)c2ccccc2N2CCC(=O)NC2=O)C1. The van der Waals surface area contributed by atoms with Gasteiger partial charge in [-0.1, -0.05) is 12.1 Å². The van der Waals surface area contributed by atoms with Gasteiger partial charge in [0.1, 0.15) is 0 Å². The Bertz CT molecular complexity index is 668. The van der Waals surface area contributed by atoms with Gasteiger partial charge in [-0.2, -0.15) is 0 Å². The van der Waals surface area contributed by atoms with E-state index in [9.17, 15) is 19.5 Å². The van der Waals surface area contributed by atoms with E-state index in [1.54, 1.807) is 24.3 Å². The molecule has 8 nitrogen and oxygen atoms in total. The van der Waals surface area contributed by atoms with Crippen molar-refractivity contribution in [3.8, 4) is 0 Å². The smallest absolute Gasteiger partial charge is 0.328 e. The van der Waals surface area contributed by atoms with E-state index in [1.807, 2.05) is 0 Å². The Morgan fingerprint density at radius 3 is 2.71 bits per heavy atom. The zero-order valence-corrected chi connectivity index (χ0v) is 13.1. The fraction of sp³-hybridized carbons (Fsp3) is 0.438. The summed E-state index contributed by atoms with van der Waals surface area (Å²) in [6.45, 7) is 0.789. The Morgan fingerprint density at radius 1 is 1.25 bits per heavy atom. The van der Waals surface area contributed by atoms with Crippen LogP contribution in [-0.2, 0) is 4.79 Å². The van der Waals surface area contributed by atoms with Crippen molar-refractivity contribution in [1.82, 2.24) is 10.2 Å². The van der Waals surface area contributed by atoms with Crippen LogP contribution in [0.2, 0.25) is 0 Å². The molecule has 0 unspecified atom stereocenters. The van der Waals surface area contributed by atoms with Gasteiger partial charge in [-0.15, -0.1) is 0 Å². The van der Waals surface area contributed by atoms with E-state index < -0.39 is 12.1 Å². The molecule has 1 aromatic carbocycles. The molecule has 0 spiro atoms. The number of nitrogens with two attached hydrogens (primary N) is 1. The highest BCUT2D eigenvalue weighted by Gasteiger charge is 2.31. The van der Waals surface area contributed by atoms with Crippen LogP contribution in [0, 0.1) is 0 Å². The van der Waals surface area contributed by atoms with Gasteiger partial charge in [-0.25, -0.2) is 4.79 Å². The molecule has 4 amide bonds. The normalized spacial score (nSPS) is 24.8.